The fourth-order valence-corrected chi connectivity index (χ4v) is 5.59. The van der Waals surface area contributed by atoms with Crippen molar-refractivity contribution < 1.29 is 14.4 Å². The van der Waals surface area contributed by atoms with Crippen LogP contribution in [-0.2, 0) is 9.59 Å². The zero-order chi connectivity index (χ0) is 25.3. The molecule has 4 rings (SSSR count). The molecule has 0 N–H and O–H groups in total. The number of aryl methyl sites for hydroxylation is 1. The maximum Gasteiger partial charge on any atom is 0.254 e. The average Bonchev–Trinajstić information content (AvgIpc) is 3.09. The largest absolute Gasteiger partial charge is 0.341 e. The molecule has 2 aliphatic rings. The van der Waals surface area contributed by atoms with Crippen LogP contribution >= 0.6 is 0 Å². The topological polar surface area (TPSA) is 64.2 Å². The maximum absolute atomic E-state index is 13.7. The molecule has 1 atom stereocenters. The van der Waals surface area contributed by atoms with E-state index in [1.165, 1.54) is 0 Å². The number of hydrogen-bond donors (Lipinski definition) is 0. The Morgan fingerprint density at radius 1 is 1.00 bits per heavy atom. The third-order valence-corrected chi connectivity index (χ3v) is 7.47. The summed E-state index contributed by atoms with van der Waals surface area (Å²) >= 11 is 0. The second-order valence-corrected chi connectivity index (χ2v) is 10.2. The van der Waals surface area contributed by atoms with E-state index in [0.29, 0.717) is 38.2 Å². The predicted molar refractivity (Wildman–Crippen MR) is 137 cm³/mol. The number of carbonyl (C=O) groups excluding carboxylic acids is 3. The summed E-state index contributed by atoms with van der Waals surface area (Å²) in [5, 5.41) is 0. The summed E-state index contributed by atoms with van der Waals surface area (Å²) in [6.07, 6.45) is 1.13. The molecule has 0 unspecified atom stereocenters. The fourth-order valence-electron chi connectivity index (χ4n) is 5.59. The van der Waals surface area contributed by atoms with Gasteiger partial charge in [0.05, 0.1) is 6.67 Å². The van der Waals surface area contributed by atoms with E-state index in [1.54, 1.807) is 22.9 Å². The molecule has 0 radical (unpaired) electrons. The SMILES string of the molecule is Cc1cccc(C(=O)N(C)[C@@H](C(=O)N2CCC3(CC2)C(=O)N(C)CN3c2ccccc2)C(C)C)c1. The van der Waals surface area contributed by atoms with Crippen molar-refractivity contribution in [3.63, 3.8) is 0 Å². The van der Waals surface area contributed by atoms with E-state index in [4.69, 9.17) is 0 Å². The lowest BCUT2D eigenvalue weighted by Gasteiger charge is -2.45. The lowest BCUT2D eigenvalue weighted by molar-refractivity contribution is -0.141. The second-order valence-electron chi connectivity index (χ2n) is 10.2. The Balaban J connectivity index is 1.51. The predicted octanol–water partition coefficient (Wildman–Crippen LogP) is 3.39. The van der Waals surface area contributed by atoms with E-state index in [0.717, 1.165) is 11.3 Å². The molecule has 7 nitrogen and oxygen atoms in total. The third kappa shape index (κ3) is 4.51. The lowest BCUT2D eigenvalue weighted by Crippen LogP contribution is -2.60. The van der Waals surface area contributed by atoms with Gasteiger partial charge in [-0.2, -0.15) is 0 Å². The van der Waals surface area contributed by atoms with E-state index in [2.05, 4.69) is 4.90 Å². The number of likely N-dealkylation sites (N-methyl/N-ethyl adjacent to an activating group) is 2. The molecule has 1 spiro atoms. The summed E-state index contributed by atoms with van der Waals surface area (Å²) < 4.78 is 0. The Hall–Kier alpha value is -3.35. The quantitative estimate of drug-likeness (QED) is 0.664. The van der Waals surface area contributed by atoms with Crippen LogP contribution in [0.4, 0.5) is 5.69 Å². The standard InChI is InChI=1S/C28H36N4O3/c1-20(2)24(30(5)25(33)22-11-9-10-21(3)18-22)26(34)31-16-14-28(15-17-31)27(35)29(4)19-32(28)23-12-7-6-8-13-23/h6-13,18,20,24H,14-17,19H2,1-5H3/t24-/m1/s1. The average molecular weight is 477 g/mol. The van der Waals surface area contributed by atoms with Crippen LogP contribution in [0.25, 0.3) is 0 Å². The number of rotatable bonds is 5. The number of nitrogens with zero attached hydrogens (tertiary/aromatic N) is 4. The second kappa shape index (κ2) is 9.72. The molecule has 2 aromatic rings. The highest BCUT2D eigenvalue weighted by molar-refractivity contribution is 5.98. The van der Waals surface area contributed by atoms with Crippen molar-refractivity contribution in [3.05, 3.63) is 65.7 Å². The van der Waals surface area contributed by atoms with Gasteiger partial charge in [-0.25, -0.2) is 0 Å². The summed E-state index contributed by atoms with van der Waals surface area (Å²) in [6.45, 7) is 7.40. The van der Waals surface area contributed by atoms with Crippen molar-refractivity contribution in [2.24, 2.45) is 5.92 Å². The van der Waals surface area contributed by atoms with Crippen molar-refractivity contribution in [1.29, 1.82) is 0 Å². The minimum absolute atomic E-state index is 0.0443. The first-order valence-corrected chi connectivity index (χ1v) is 12.4. The van der Waals surface area contributed by atoms with Gasteiger partial charge in [-0.1, -0.05) is 49.7 Å². The molecular formula is C28H36N4O3. The van der Waals surface area contributed by atoms with E-state index in [1.807, 2.05) is 81.2 Å². The number of para-hydroxylation sites is 1. The number of anilines is 1. The van der Waals surface area contributed by atoms with Gasteiger partial charge in [-0.3, -0.25) is 14.4 Å². The Bertz CT molecular complexity index is 1090. The van der Waals surface area contributed by atoms with Crippen LogP contribution < -0.4 is 4.90 Å². The van der Waals surface area contributed by atoms with E-state index in [9.17, 15) is 14.4 Å². The first kappa shape index (κ1) is 24.8. The van der Waals surface area contributed by atoms with Crippen molar-refractivity contribution in [3.8, 4) is 0 Å². The molecule has 2 aliphatic heterocycles. The smallest absolute Gasteiger partial charge is 0.254 e. The van der Waals surface area contributed by atoms with Crippen molar-refractivity contribution in [2.75, 3.05) is 38.8 Å². The highest BCUT2D eigenvalue weighted by Gasteiger charge is 2.53. The number of likely N-dealkylation sites (tertiary alicyclic amines) is 1. The monoisotopic (exact) mass is 476 g/mol. The zero-order valence-electron chi connectivity index (χ0n) is 21.4. The number of hydrogen-bond acceptors (Lipinski definition) is 4. The molecule has 186 valence electrons. The van der Waals surface area contributed by atoms with E-state index in [-0.39, 0.29) is 23.6 Å². The molecule has 2 fully saturated rings. The van der Waals surface area contributed by atoms with Gasteiger partial charge in [-0.15, -0.1) is 0 Å². The minimum atomic E-state index is -0.635. The van der Waals surface area contributed by atoms with Crippen LogP contribution in [0.3, 0.4) is 0 Å². The minimum Gasteiger partial charge on any atom is -0.341 e. The van der Waals surface area contributed by atoms with Gasteiger partial charge in [-0.05, 0) is 49.9 Å². The zero-order valence-corrected chi connectivity index (χ0v) is 21.4. The van der Waals surface area contributed by atoms with Gasteiger partial charge in [0.25, 0.3) is 5.91 Å². The Morgan fingerprint density at radius 2 is 1.66 bits per heavy atom. The number of piperidine rings is 1. The Morgan fingerprint density at radius 3 is 2.26 bits per heavy atom. The van der Waals surface area contributed by atoms with Crippen LogP contribution in [0, 0.1) is 12.8 Å². The van der Waals surface area contributed by atoms with Gasteiger partial charge < -0.3 is 19.6 Å². The molecule has 3 amide bonds. The number of carbonyl (C=O) groups is 3. The maximum atomic E-state index is 13.7. The van der Waals surface area contributed by atoms with Crippen LogP contribution in [0.5, 0.6) is 0 Å². The van der Waals surface area contributed by atoms with Crippen LogP contribution in [-0.4, -0.2) is 77.9 Å². The summed E-state index contributed by atoms with van der Waals surface area (Å²) in [7, 11) is 3.55. The van der Waals surface area contributed by atoms with Gasteiger partial charge in [0.1, 0.15) is 11.6 Å². The number of amides is 3. The molecule has 0 aromatic heterocycles. The van der Waals surface area contributed by atoms with E-state index < -0.39 is 11.6 Å². The molecule has 2 aromatic carbocycles. The van der Waals surface area contributed by atoms with Crippen molar-refractivity contribution >= 4 is 23.4 Å². The Kier molecular flexibility index (Phi) is 6.88. The lowest BCUT2D eigenvalue weighted by atomic mass is 9.85. The molecular weight excluding hydrogens is 440 g/mol. The first-order valence-electron chi connectivity index (χ1n) is 12.4. The highest BCUT2D eigenvalue weighted by Crippen LogP contribution is 2.39. The molecule has 2 heterocycles. The third-order valence-electron chi connectivity index (χ3n) is 7.47. The summed E-state index contributed by atoms with van der Waals surface area (Å²) in [5.41, 5.74) is 1.98. The molecule has 0 saturated carbocycles. The first-order chi connectivity index (χ1) is 16.7. The van der Waals surface area contributed by atoms with E-state index >= 15 is 0 Å². The van der Waals surface area contributed by atoms with Gasteiger partial charge in [0.2, 0.25) is 11.8 Å². The van der Waals surface area contributed by atoms with Crippen molar-refractivity contribution in [1.82, 2.24) is 14.7 Å². The highest BCUT2D eigenvalue weighted by atomic mass is 16.2. The Labute approximate surface area is 208 Å². The molecule has 2 saturated heterocycles. The normalized spacial score (nSPS) is 18.3. The van der Waals surface area contributed by atoms with Gasteiger partial charge in [0, 0.05) is 38.4 Å². The molecule has 0 bridgehead atoms. The summed E-state index contributed by atoms with van der Waals surface area (Å²) in [5.74, 6) is -0.140. The van der Waals surface area contributed by atoms with Crippen molar-refractivity contribution in [2.45, 2.75) is 45.2 Å². The number of benzene rings is 2. The summed E-state index contributed by atoms with van der Waals surface area (Å²) in [6, 6.07) is 16.9. The van der Waals surface area contributed by atoms with Crippen LogP contribution in [0.1, 0.15) is 42.6 Å². The fraction of sp³-hybridized carbons (Fsp3) is 0.464. The summed E-state index contributed by atoms with van der Waals surface area (Å²) in [4.78, 5) is 47.6. The van der Waals surface area contributed by atoms with Crippen LogP contribution in [0.15, 0.2) is 54.6 Å². The van der Waals surface area contributed by atoms with Gasteiger partial charge >= 0.3 is 0 Å². The van der Waals surface area contributed by atoms with Gasteiger partial charge in [0.15, 0.2) is 0 Å². The molecule has 7 heteroatoms. The molecule has 35 heavy (non-hydrogen) atoms. The van der Waals surface area contributed by atoms with Crippen LogP contribution in [0.2, 0.25) is 0 Å². The molecule has 0 aliphatic carbocycles.